The highest BCUT2D eigenvalue weighted by Crippen LogP contribution is 2.13. The van der Waals surface area contributed by atoms with Gasteiger partial charge in [0.2, 0.25) is 6.17 Å². The van der Waals surface area contributed by atoms with E-state index in [2.05, 4.69) is 5.32 Å². The first-order chi connectivity index (χ1) is 10.4. The van der Waals surface area contributed by atoms with Crippen molar-refractivity contribution in [1.82, 2.24) is 10.2 Å². The van der Waals surface area contributed by atoms with E-state index in [4.69, 9.17) is 15.9 Å². The van der Waals surface area contributed by atoms with E-state index in [1.165, 1.54) is 0 Å². The lowest BCUT2D eigenvalue weighted by Gasteiger charge is -2.27. The third-order valence-electron chi connectivity index (χ3n) is 3.23. The second kappa shape index (κ2) is 8.16. The van der Waals surface area contributed by atoms with Crippen molar-refractivity contribution in [3.63, 3.8) is 0 Å². The zero-order chi connectivity index (χ0) is 16.7. The molecule has 0 aromatic heterocycles. The minimum atomic E-state index is -1.43. The van der Waals surface area contributed by atoms with Gasteiger partial charge in [0.25, 0.3) is 11.8 Å². The number of nitrogens with one attached hydrogen (secondary N) is 2. The molecule has 8 heteroatoms. The first-order valence-corrected chi connectivity index (χ1v) is 7.27. The smallest absolute Gasteiger partial charge is 0.350 e. The van der Waals surface area contributed by atoms with Gasteiger partial charge in [-0.15, -0.1) is 0 Å². The summed E-state index contributed by atoms with van der Waals surface area (Å²) in [5.41, 5.74) is 5.23. The minimum Gasteiger partial charge on any atom is -0.459 e. The van der Waals surface area contributed by atoms with Crippen molar-refractivity contribution in [3.8, 4) is 0 Å². The van der Waals surface area contributed by atoms with Gasteiger partial charge in [-0.1, -0.05) is 26.7 Å². The van der Waals surface area contributed by atoms with E-state index in [0.717, 1.165) is 25.0 Å². The number of carbonyl (C=O) groups excluding carboxylic acids is 3. The molecule has 0 bridgehead atoms. The minimum absolute atomic E-state index is 0.301. The molecule has 0 saturated carbocycles. The lowest BCUT2D eigenvalue weighted by molar-refractivity contribution is -0.162. The largest absolute Gasteiger partial charge is 0.459 e. The summed E-state index contributed by atoms with van der Waals surface area (Å²) in [5, 5.41) is 9.54. The predicted octanol–water partition coefficient (Wildman–Crippen LogP) is 0.233. The van der Waals surface area contributed by atoms with Crippen LogP contribution in [0.2, 0.25) is 0 Å². The number of imide groups is 1. The number of amides is 2. The number of esters is 1. The molecule has 0 aliphatic carbocycles. The number of carbonyl (C=O) groups is 3. The summed E-state index contributed by atoms with van der Waals surface area (Å²) in [4.78, 5) is 36.4. The molecule has 8 nitrogen and oxygen atoms in total. The maximum Gasteiger partial charge on any atom is 0.350 e. The second-order valence-electron chi connectivity index (χ2n) is 4.95. The van der Waals surface area contributed by atoms with Crippen molar-refractivity contribution < 1.29 is 19.1 Å². The van der Waals surface area contributed by atoms with Crippen molar-refractivity contribution in [2.24, 2.45) is 5.73 Å². The molecule has 2 amide bonds. The Morgan fingerprint density at radius 1 is 1.36 bits per heavy atom. The number of hydrogen-bond donors (Lipinski definition) is 3. The number of nitrogens with zero attached hydrogens (tertiary/aromatic N) is 1. The number of rotatable bonds is 8. The number of nitrogens with two attached hydrogens (primary N) is 1. The topological polar surface area (TPSA) is 126 Å². The molecule has 0 saturated heterocycles. The van der Waals surface area contributed by atoms with Gasteiger partial charge in [0.1, 0.15) is 6.10 Å². The van der Waals surface area contributed by atoms with Crippen molar-refractivity contribution >= 4 is 23.7 Å². The van der Waals surface area contributed by atoms with Gasteiger partial charge in [0.05, 0.1) is 0 Å². The third kappa shape index (κ3) is 4.57. The average Bonchev–Trinajstić information content (AvgIpc) is 2.79. The van der Waals surface area contributed by atoms with E-state index in [-0.39, 0.29) is 6.10 Å². The highest BCUT2D eigenvalue weighted by atomic mass is 16.5. The maximum absolute atomic E-state index is 12.3. The van der Waals surface area contributed by atoms with Crippen LogP contribution in [0, 0.1) is 5.41 Å². The van der Waals surface area contributed by atoms with Gasteiger partial charge >= 0.3 is 5.97 Å². The molecule has 22 heavy (non-hydrogen) atoms. The predicted molar refractivity (Wildman–Crippen MR) is 79.5 cm³/mol. The Morgan fingerprint density at radius 3 is 2.41 bits per heavy atom. The van der Waals surface area contributed by atoms with Gasteiger partial charge in [-0.2, -0.15) is 0 Å². The molecule has 0 radical (unpaired) electrons. The Kier molecular flexibility index (Phi) is 6.55. The van der Waals surface area contributed by atoms with Crippen LogP contribution < -0.4 is 11.1 Å². The van der Waals surface area contributed by atoms with E-state index < -0.39 is 29.9 Å². The SMILES string of the molecule is CCCCC(CC)OC(=O)C(NC(=N)N)N1C(=O)C=CC1=O. The summed E-state index contributed by atoms with van der Waals surface area (Å²) >= 11 is 0. The molecule has 0 aromatic rings. The molecule has 0 fully saturated rings. The maximum atomic E-state index is 12.3. The van der Waals surface area contributed by atoms with E-state index in [1.807, 2.05) is 13.8 Å². The molecular weight excluding hydrogens is 288 g/mol. The summed E-state index contributed by atoms with van der Waals surface area (Å²) in [6.45, 7) is 3.91. The molecule has 1 aliphatic rings. The summed E-state index contributed by atoms with van der Waals surface area (Å²) in [7, 11) is 0. The fourth-order valence-corrected chi connectivity index (χ4v) is 2.05. The molecule has 0 aromatic carbocycles. The van der Waals surface area contributed by atoms with Crippen LogP contribution in [0.1, 0.15) is 39.5 Å². The summed E-state index contributed by atoms with van der Waals surface area (Å²) in [6, 6.07) is 0. The van der Waals surface area contributed by atoms with Crippen LogP contribution in [0.15, 0.2) is 12.2 Å². The van der Waals surface area contributed by atoms with Crippen LogP contribution in [0.3, 0.4) is 0 Å². The molecule has 2 unspecified atom stereocenters. The fraction of sp³-hybridized carbons (Fsp3) is 0.571. The van der Waals surface area contributed by atoms with Crippen LogP contribution >= 0.6 is 0 Å². The van der Waals surface area contributed by atoms with Crippen molar-refractivity contribution in [1.29, 1.82) is 5.41 Å². The average molecular weight is 310 g/mol. The molecule has 1 rings (SSSR count). The molecule has 122 valence electrons. The zero-order valence-electron chi connectivity index (χ0n) is 12.8. The van der Waals surface area contributed by atoms with Gasteiger partial charge in [-0.05, 0) is 12.8 Å². The van der Waals surface area contributed by atoms with Gasteiger partial charge in [-0.3, -0.25) is 15.0 Å². The third-order valence-corrected chi connectivity index (χ3v) is 3.23. The number of ether oxygens (including phenoxy) is 1. The van der Waals surface area contributed by atoms with Crippen molar-refractivity contribution in [2.75, 3.05) is 0 Å². The highest BCUT2D eigenvalue weighted by Gasteiger charge is 2.38. The standard InChI is InChI=1S/C14H22N4O4/c1-3-5-6-9(4-2)22-13(21)12(17-14(15)16)18-10(19)7-8-11(18)20/h7-9,12H,3-6H2,1-2H3,(H4,15,16,17). The van der Waals surface area contributed by atoms with Crippen LogP contribution in [0.5, 0.6) is 0 Å². The number of hydrogen-bond acceptors (Lipinski definition) is 5. The summed E-state index contributed by atoms with van der Waals surface area (Å²) in [6.07, 6.45) is 3.57. The number of guanidine groups is 1. The molecule has 0 spiro atoms. The lowest BCUT2D eigenvalue weighted by Crippen LogP contribution is -2.57. The number of unbranched alkanes of at least 4 members (excludes halogenated alkanes) is 1. The van der Waals surface area contributed by atoms with E-state index in [0.29, 0.717) is 17.7 Å². The lowest BCUT2D eigenvalue weighted by atomic mass is 10.1. The molecular formula is C14H22N4O4. The van der Waals surface area contributed by atoms with Crippen molar-refractivity contribution in [2.45, 2.75) is 51.8 Å². The van der Waals surface area contributed by atoms with Crippen molar-refractivity contribution in [3.05, 3.63) is 12.2 Å². The Morgan fingerprint density at radius 2 is 1.95 bits per heavy atom. The van der Waals surface area contributed by atoms with Gasteiger partial charge in [0, 0.05) is 12.2 Å². The Bertz CT molecular complexity index is 471. The van der Waals surface area contributed by atoms with Crippen LogP contribution in [-0.4, -0.2) is 40.9 Å². The van der Waals surface area contributed by atoms with Gasteiger partial charge in [-0.25, -0.2) is 9.69 Å². The van der Waals surface area contributed by atoms with E-state index >= 15 is 0 Å². The normalized spacial score (nSPS) is 16.5. The zero-order valence-corrected chi connectivity index (χ0v) is 12.8. The fourth-order valence-electron chi connectivity index (χ4n) is 2.05. The Labute approximate surface area is 129 Å². The van der Waals surface area contributed by atoms with E-state index in [9.17, 15) is 14.4 Å². The Hall–Kier alpha value is -2.38. The highest BCUT2D eigenvalue weighted by molar-refractivity contribution is 6.15. The first-order valence-electron chi connectivity index (χ1n) is 7.27. The van der Waals surface area contributed by atoms with Crippen LogP contribution in [0.4, 0.5) is 0 Å². The quantitative estimate of drug-likeness (QED) is 0.255. The molecule has 4 N–H and O–H groups in total. The monoisotopic (exact) mass is 310 g/mol. The molecule has 2 atom stereocenters. The molecule has 1 heterocycles. The first kappa shape index (κ1) is 17.7. The van der Waals surface area contributed by atoms with Crippen LogP contribution in [-0.2, 0) is 19.1 Å². The second-order valence-corrected chi connectivity index (χ2v) is 4.95. The Balaban J connectivity index is 2.82. The summed E-state index contributed by atoms with van der Waals surface area (Å²) < 4.78 is 5.35. The van der Waals surface area contributed by atoms with Gasteiger partial charge < -0.3 is 15.8 Å². The molecule has 1 aliphatic heterocycles. The van der Waals surface area contributed by atoms with Crippen LogP contribution in [0.25, 0.3) is 0 Å². The van der Waals surface area contributed by atoms with Gasteiger partial charge in [0.15, 0.2) is 5.96 Å². The van der Waals surface area contributed by atoms with E-state index in [1.54, 1.807) is 0 Å². The summed E-state index contributed by atoms with van der Waals surface area (Å²) in [5.74, 6) is -2.63.